The number of hydrogen-bond acceptors (Lipinski definition) is 2. The van der Waals surface area contributed by atoms with E-state index in [4.69, 9.17) is 0 Å². The lowest BCUT2D eigenvalue weighted by molar-refractivity contribution is 0.497. The Labute approximate surface area is 250 Å². The van der Waals surface area contributed by atoms with Crippen molar-refractivity contribution in [2.45, 2.75) is 31.6 Å². The molecule has 2 unspecified atom stereocenters. The fourth-order valence-corrected chi connectivity index (χ4v) is 9.19. The van der Waals surface area contributed by atoms with E-state index in [1.165, 1.54) is 66.4 Å². The zero-order valence-electron chi connectivity index (χ0n) is 23.5. The van der Waals surface area contributed by atoms with Gasteiger partial charge >= 0.3 is 0 Å². The molecule has 0 aliphatic heterocycles. The van der Waals surface area contributed by atoms with E-state index in [0.717, 1.165) is 12.8 Å². The number of thiophene rings is 1. The van der Waals surface area contributed by atoms with Crippen molar-refractivity contribution >= 4 is 65.6 Å². The van der Waals surface area contributed by atoms with Crippen LogP contribution in [-0.2, 0) is 0 Å². The summed E-state index contributed by atoms with van der Waals surface area (Å²) in [6.45, 7) is 0. The number of nitrogens with zero attached hydrogens (tertiary/aromatic N) is 1. The van der Waals surface area contributed by atoms with Gasteiger partial charge < -0.3 is 4.90 Å². The molecule has 1 heterocycles. The van der Waals surface area contributed by atoms with Crippen LogP contribution >= 0.6 is 11.3 Å². The average Bonchev–Trinajstić information content (AvgIpc) is 3.46. The van der Waals surface area contributed by atoms with Crippen molar-refractivity contribution in [3.63, 3.8) is 0 Å². The van der Waals surface area contributed by atoms with Crippen molar-refractivity contribution in [2.24, 2.45) is 5.92 Å². The molecule has 0 saturated heterocycles. The summed E-state index contributed by atoms with van der Waals surface area (Å²) in [6, 6.07) is 38.1. The molecule has 0 N–H and O–H groups in total. The molecule has 6 aromatic rings. The third-order valence-corrected chi connectivity index (χ3v) is 10.9. The summed E-state index contributed by atoms with van der Waals surface area (Å²) in [5.41, 5.74) is 8.47. The number of hydrogen-bond donors (Lipinski definition) is 0. The van der Waals surface area contributed by atoms with Gasteiger partial charge in [0.05, 0.1) is 16.1 Å². The van der Waals surface area contributed by atoms with Crippen LogP contribution in [0.2, 0.25) is 0 Å². The molecule has 0 spiro atoms. The molecule has 0 amide bonds. The molecule has 42 heavy (non-hydrogen) atoms. The fraction of sp³-hybridized carbons (Fsp3) is 0.150. The number of rotatable bonds is 3. The molecule has 9 rings (SSSR count). The molecule has 202 valence electrons. The van der Waals surface area contributed by atoms with Crippen LogP contribution in [0.4, 0.5) is 17.1 Å². The molecule has 0 radical (unpaired) electrons. The second-order valence-electron chi connectivity index (χ2n) is 11.9. The Morgan fingerprint density at radius 3 is 2.40 bits per heavy atom. The summed E-state index contributed by atoms with van der Waals surface area (Å²) < 4.78 is 1.39. The Balaban J connectivity index is 1.34. The topological polar surface area (TPSA) is 3.24 Å². The van der Waals surface area contributed by atoms with Crippen LogP contribution in [-0.4, -0.2) is 0 Å². The normalized spacial score (nSPS) is 19.2. The standard InChI is InChI=1S/C40H31NS/c1-2-13-28-25-29(24-23-26(28)11-1)41(36-21-9-14-27-12-3-4-15-30(27)36)37-22-10-20-35-38-33-18-7-5-16-31(33)32-17-6-8-19-34(32)40(38)42-39(35)37/h1-4,6-7,9-15,17-18,20-25,31,33H,5,8,16,19H2. The quantitative estimate of drug-likeness (QED) is 0.196. The fourth-order valence-electron chi connectivity index (χ4n) is 7.74. The zero-order valence-corrected chi connectivity index (χ0v) is 24.3. The van der Waals surface area contributed by atoms with Gasteiger partial charge in [-0.05, 0) is 94.1 Å². The van der Waals surface area contributed by atoms with E-state index in [2.05, 4.69) is 132 Å². The maximum Gasteiger partial charge on any atom is 0.0640 e. The van der Waals surface area contributed by atoms with Crippen molar-refractivity contribution in [2.75, 3.05) is 4.90 Å². The van der Waals surface area contributed by atoms with Crippen molar-refractivity contribution in [1.82, 2.24) is 0 Å². The Bertz CT molecular complexity index is 2120. The average molecular weight is 558 g/mol. The molecule has 3 aliphatic rings. The molecule has 1 nitrogen and oxygen atoms in total. The monoisotopic (exact) mass is 557 g/mol. The van der Waals surface area contributed by atoms with Gasteiger partial charge in [-0.25, -0.2) is 0 Å². The highest BCUT2D eigenvalue weighted by Gasteiger charge is 2.38. The van der Waals surface area contributed by atoms with E-state index >= 15 is 0 Å². The number of anilines is 3. The minimum Gasteiger partial charge on any atom is -0.308 e. The maximum absolute atomic E-state index is 2.52. The SMILES string of the molecule is C1=CC2=C(CC1)c1sc3c(N(c4ccc5ccccc5c4)c4cccc5ccccc45)cccc3c1C1C=CCCC21. The van der Waals surface area contributed by atoms with Gasteiger partial charge in [-0.2, -0.15) is 0 Å². The molecule has 1 aromatic heterocycles. The first-order chi connectivity index (χ1) is 20.8. The lowest BCUT2D eigenvalue weighted by atomic mass is 9.68. The van der Waals surface area contributed by atoms with E-state index in [0.29, 0.717) is 11.8 Å². The molecule has 0 saturated carbocycles. The Kier molecular flexibility index (Phi) is 5.52. The first kappa shape index (κ1) is 24.2. The molecule has 0 fully saturated rings. The molecular formula is C40H31NS. The van der Waals surface area contributed by atoms with Gasteiger partial charge in [0.1, 0.15) is 0 Å². The minimum absolute atomic E-state index is 0.464. The van der Waals surface area contributed by atoms with Gasteiger partial charge in [0, 0.05) is 21.9 Å². The van der Waals surface area contributed by atoms with E-state index in [1.54, 1.807) is 16.7 Å². The summed E-state index contributed by atoms with van der Waals surface area (Å²) in [4.78, 5) is 4.05. The minimum atomic E-state index is 0.464. The summed E-state index contributed by atoms with van der Waals surface area (Å²) >= 11 is 2.03. The van der Waals surface area contributed by atoms with Crippen LogP contribution in [0.3, 0.4) is 0 Å². The van der Waals surface area contributed by atoms with Crippen molar-refractivity contribution < 1.29 is 0 Å². The highest BCUT2D eigenvalue weighted by molar-refractivity contribution is 7.21. The van der Waals surface area contributed by atoms with Crippen LogP contribution in [0.1, 0.15) is 42.0 Å². The summed E-state index contributed by atoms with van der Waals surface area (Å²) in [7, 11) is 0. The predicted octanol–water partition coefficient (Wildman–Crippen LogP) is 11.8. The molecule has 3 aliphatic carbocycles. The van der Waals surface area contributed by atoms with E-state index in [1.807, 2.05) is 11.3 Å². The largest absolute Gasteiger partial charge is 0.308 e. The van der Waals surface area contributed by atoms with Gasteiger partial charge in [0.2, 0.25) is 0 Å². The molecular weight excluding hydrogens is 527 g/mol. The third-order valence-electron chi connectivity index (χ3n) is 9.61. The van der Waals surface area contributed by atoms with Crippen molar-refractivity contribution in [1.29, 1.82) is 0 Å². The van der Waals surface area contributed by atoms with Gasteiger partial charge in [-0.3, -0.25) is 0 Å². The molecule has 5 aromatic carbocycles. The summed E-state index contributed by atoms with van der Waals surface area (Å²) in [5, 5.41) is 6.49. The van der Waals surface area contributed by atoms with Crippen molar-refractivity contribution in [3.05, 3.63) is 143 Å². The highest BCUT2D eigenvalue weighted by Crippen LogP contribution is 2.57. The van der Waals surface area contributed by atoms with E-state index < -0.39 is 0 Å². The number of allylic oxidation sites excluding steroid dienone is 6. The summed E-state index contributed by atoms with van der Waals surface area (Å²) in [5.74, 6) is 1.07. The van der Waals surface area contributed by atoms with Gasteiger partial charge in [0.15, 0.2) is 0 Å². The third kappa shape index (κ3) is 3.61. The van der Waals surface area contributed by atoms with Gasteiger partial charge in [-0.1, -0.05) is 103 Å². The maximum atomic E-state index is 2.52. The second-order valence-corrected chi connectivity index (χ2v) is 12.9. The Morgan fingerprint density at radius 1 is 0.667 bits per heavy atom. The highest BCUT2D eigenvalue weighted by atomic mass is 32.1. The van der Waals surface area contributed by atoms with Crippen LogP contribution in [0.5, 0.6) is 0 Å². The van der Waals surface area contributed by atoms with Crippen LogP contribution in [0.15, 0.2) is 133 Å². The smallest absolute Gasteiger partial charge is 0.0640 e. The Hall–Kier alpha value is -4.40. The van der Waals surface area contributed by atoms with Gasteiger partial charge in [-0.15, -0.1) is 11.3 Å². The zero-order chi connectivity index (χ0) is 27.6. The van der Waals surface area contributed by atoms with Gasteiger partial charge in [0.25, 0.3) is 0 Å². The number of benzene rings is 5. The molecule has 2 heteroatoms. The second kappa shape index (κ2) is 9.58. The Morgan fingerprint density at radius 2 is 1.45 bits per heavy atom. The van der Waals surface area contributed by atoms with Crippen LogP contribution < -0.4 is 4.90 Å². The first-order valence-corrected chi connectivity index (χ1v) is 16.1. The van der Waals surface area contributed by atoms with Crippen LogP contribution in [0, 0.1) is 5.92 Å². The lowest BCUT2D eigenvalue weighted by Crippen LogP contribution is -2.22. The summed E-state index contributed by atoms with van der Waals surface area (Å²) in [6.07, 6.45) is 14.5. The molecule has 2 atom stereocenters. The van der Waals surface area contributed by atoms with Crippen LogP contribution in [0.25, 0.3) is 37.2 Å². The van der Waals surface area contributed by atoms with Crippen molar-refractivity contribution in [3.8, 4) is 0 Å². The molecule has 0 bridgehead atoms. The van der Waals surface area contributed by atoms with E-state index in [-0.39, 0.29) is 0 Å². The van der Waals surface area contributed by atoms with E-state index in [9.17, 15) is 0 Å². The lowest BCUT2D eigenvalue weighted by Gasteiger charge is -2.37. The number of fused-ring (bicyclic) bond motifs is 9. The predicted molar refractivity (Wildman–Crippen MR) is 181 cm³/mol. The first-order valence-electron chi connectivity index (χ1n) is 15.2.